The molecule has 126 valence electrons. The molecule has 5 heteroatoms. The second-order valence-corrected chi connectivity index (χ2v) is 6.59. The molecule has 1 atom stereocenters. The third-order valence-electron chi connectivity index (χ3n) is 4.08. The average Bonchev–Trinajstić information content (AvgIpc) is 3.07. The van der Waals surface area contributed by atoms with Gasteiger partial charge in [-0.25, -0.2) is 0 Å². The fourth-order valence-corrected chi connectivity index (χ4v) is 3.06. The van der Waals surface area contributed by atoms with Gasteiger partial charge in [-0.15, -0.1) is 0 Å². The smallest absolute Gasteiger partial charge is 0.252 e. The zero-order valence-electron chi connectivity index (χ0n) is 13.9. The standard InChI is InChI=1S/C18H25NO4/c1-13(2)11-19(18(20)16-4-3-7-21-16)12-14-5-6-15-17(10-14)23-9-8-22-15/h5-6,10,13,16H,3-4,7-9,11-12H2,1-2H3/t16-/m0/s1. The van der Waals surface area contributed by atoms with E-state index in [1.165, 1.54) is 0 Å². The van der Waals surface area contributed by atoms with Gasteiger partial charge in [-0.1, -0.05) is 19.9 Å². The average molecular weight is 319 g/mol. The summed E-state index contributed by atoms with van der Waals surface area (Å²) in [5.74, 6) is 2.06. The van der Waals surface area contributed by atoms with Crippen LogP contribution in [0.1, 0.15) is 32.3 Å². The molecule has 1 fully saturated rings. The molecule has 2 aliphatic heterocycles. The van der Waals surface area contributed by atoms with Gasteiger partial charge in [0, 0.05) is 19.7 Å². The molecular formula is C18H25NO4. The fraction of sp³-hybridized carbons (Fsp3) is 0.611. The number of fused-ring (bicyclic) bond motifs is 1. The second-order valence-electron chi connectivity index (χ2n) is 6.59. The van der Waals surface area contributed by atoms with Crippen molar-refractivity contribution in [2.45, 2.75) is 39.3 Å². The van der Waals surface area contributed by atoms with Gasteiger partial charge < -0.3 is 19.1 Å². The molecule has 0 unspecified atom stereocenters. The number of ether oxygens (including phenoxy) is 3. The molecular weight excluding hydrogens is 294 g/mol. The van der Waals surface area contributed by atoms with Gasteiger partial charge in [-0.2, -0.15) is 0 Å². The monoisotopic (exact) mass is 319 g/mol. The Hall–Kier alpha value is -1.75. The lowest BCUT2D eigenvalue weighted by molar-refractivity contribution is -0.142. The summed E-state index contributed by atoms with van der Waals surface area (Å²) < 4.78 is 16.8. The van der Waals surface area contributed by atoms with Crippen LogP contribution in [0.5, 0.6) is 11.5 Å². The van der Waals surface area contributed by atoms with E-state index in [9.17, 15) is 4.79 Å². The SMILES string of the molecule is CC(C)CN(Cc1ccc2c(c1)OCCO2)C(=O)[C@@H]1CCCO1. The van der Waals surface area contributed by atoms with Crippen molar-refractivity contribution in [3.05, 3.63) is 23.8 Å². The molecule has 0 N–H and O–H groups in total. The van der Waals surface area contributed by atoms with E-state index in [2.05, 4.69) is 13.8 Å². The van der Waals surface area contributed by atoms with Gasteiger partial charge in [0.1, 0.15) is 19.3 Å². The van der Waals surface area contributed by atoms with Crippen LogP contribution in [0, 0.1) is 5.92 Å². The molecule has 0 aliphatic carbocycles. The van der Waals surface area contributed by atoms with Gasteiger partial charge in [0.25, 0.3) is 5.91 Å². The molecule has 0 saturated carbocycles. The van der Waals surface area contributed by atoms with E-state index in [0.717, 1.165) is 36.4 Å². The summed E-state index contributed by atoms with van der Waals surface area (Å²) >= 11 is 0. The number of hydrogen-bond acceptors (Lipinski definition) is 4. The molecule has 2 heterocycles. The first-order valence-electron chi connectivity index (χ1n) is 8.42. The Balaban J connectivity index is 1.73. The van der Waals surface area contributed by atoms with Gasteiger partial charge >= 0.3 is 0 Å². The molecule has 1 aromatic rings. The van der Waals surface area contributed by atoms with Crippen LogP contribution in [-0.4, -0.2) is 43.3 Å². The fourth-order valence-electron chi connectivity index (χ4n) is 3.06. The van der Waals surface area contributed by atoms with Gasteiger partial charge in [0.2, 0.25) is 0 Å². The van der Waals surface area contributed by atoms with Crippen LogP contribution in [0.25, 0.3) is 0 Å². The van der Waals surface area contributed by atoms with E-state index in [-0.39, 0.29) is 12.0 Å². The zero-order valence-corrected chi connectivity index (χ0v) is 13.9. The lowest BCUT2D eigenvalue weighted by Crippen LogP contribution is -2.40. The van der Waals surface area contributed by atoms with E-state index in [1.54, 1.807) is 0 Å². The van der Waals surface area contributed by atoms with Crippen LogP contribution in [0.2, 0.25) is 0 Å². The highest BCUT2D eigenvalue weighted by atomic mass is 16.6. The number of benzene rings is 1. The Bertz CT molecular complexity index is 552. The quantitative estimate of drug-likeness (QED) is 0.837. The molecule has 1 saturated heterocycles. The highest BCUT2D eigenvalue weighted by Crippen LogP contribution is 2.31. The highest BCUT2D eigenvalue weighted by molar-refractivity contribution is 5.81. The molecule has 0 radical (unpaired) electrons. The van der Waals surface area contributed by atoms with E-state index >= 15 is 0 Å². The third kappa shape index (κ3) is 3.96. The Morgan fingerprint density at radius 2 is 2.00 bits per heavy atom. The topological polar surface area (TPSA) is 48.0 Å². The van der Waals surface area contributed by atoms with Gasteiger partial charge in [0.15, 0.2) is 11.5 Å². The maximum Gasteiger partial charge on any atom is 0.252 e. The zero-order chi connectivity index (χ0) is 16.2. The molecule has 1 aromatic carbocycles. The van der Waals surface area contributed by atoms with Crippen molar-refractivity contribution >= 4 is 5.91 Å². The summed E-state index contributed by atoms with van der Waals surface area (Å²) in [6.45, 7) is 7.40. The van der Waals surface area contributed by atoms with Crippen molar-refractivity contribution in [1.29, 1.82) is 0 Å². The maximum atomic E-state index is 12.7. The second kappa shape index (κ2) is 7.21. The number of carbonyl (C=O) groups is 1. The Morgan fingerprint density at radius 3 is 2.70 bits per heavy atom. The molecule has 0 bridgehead atoms. The van der Waals surface area contributed by atoms with Crippen molar-refractivity contribution in [1.82, 2.24) is 4.90 Å². The van der Waals surface area contributed by atoms with E-state index < -0.39 is 0 Å². The van der Waals surface area contributed by atoms with Crippen molar-refractivity contribution in [3.8, 4) is 11.5 Å². The largest absolute Gasteiger partial charge is 0.486 e. The normalized spacial score (nSPS) is 19.9. The molecule has 5 nitrogen and oxygen atoms in total. The predicted molar refractivity (Wildman–Crippen MR) is 86.7 cm³/mol. The van der Waals surface area contributed by atoms with E-state index in [0.29, 0.717) is 32.3 Å². The summed E-state index contributed by atoms with van der Waals surface area (Å²) in [7, 11) is 0. The van der Waals surface area contributed by atoms with Crippen molar-refractivity contribution in [2.75, 3.05) is 26.4 Å². The summed E-state index contributed by atoms with van der Waals surface area (Å²) in [6, 6.07) is 5.90. The summed E-state index contributed by atoms with van der Waals surface area (Å²) in [5, 5.41) is 0. The summed E-state index contributed by atoms with van der Waals surface area (Å²) in [5.41, 5.74) is 1.06. The van der Waals surface area contributed by atoms with E-state index in [4.69, 9.17) is 14.2 Å². The molecule has 0 spiro atoms. The maximum absolute atomic E-state index is 12.7. The van der Waals surface area contributed by atoms with Gasteiger partial charge in [-0.05, 0) is 36.5 Å². The minimum atomic E-state index is -0.272. The van der Waals surface area contributed by atoms with Crippen molar-refractivity contribution in [2.24, 2.45) is 5.92 Å². The first-order chi connectivity index (χ1) is 11.1. The molecule has 2 aliphatic rings. The Morgan fingerprint density at radius 1 is 1.22 bits per heavy atom. The van der Waals surface area contributed by atoms with Crippen LogP contribution in [0.4, 0.5) is 0 Å². The van der Waals surface area contributed by atoms with Crippen LogP contribution >= 0.6 is 0 Å². The van der Waals surface area contributed by atoms with Gasteiger partial charge in [0.05, 0.1) is 0 Å². The number of hydrogen-bond donors (Lipinski definition) is 0. The van der Waals surface area contributed by atoms with Crippen LogP contribution in [0.15, 0.2) is 18.2 Å². The molecule has 23 heavy (non-hydrogen) atoms. The lowest BCUT2D eigenvalue weighted by atomic mass is 10.1. The molecule has 3 rings (SSSR count). The first kappa shape index (κ1) is 16.1. The highest BCUT2D eigenvalue weighted by Gasteiger charge is 2.28. The lowest BCUT2D eigenvalue weighted by Gasteiger charge is -2.27. The van der Waals surface area contributed by atoms with Crippen molar-refractivity contribution in [3.63, 3.8) is 0 Å². The Kier molecular flexibility index (Phi) is 5.06. The van der Waals surface area contributed by atoms with Crippen LogP contribution in [-0.2, 0) is 16.1 Å². The van der Waals surface area contributed by atoms with Crippen LogP contribution in [0.3, 0.4) is 0 Å². The van der Waals surface area contributed by atoms with E-state index in [1.807, 2.05) is 23.1 Å². The minimum Gasteiger partial charge on any atom is -0.486 e. The number of carbonyl (C=O) groups excluding carboxylic acids is 1. The Labute approximate surface area is 137 Å². The molecule has 1 amide bonds. The third-order valence-corrected chi connectivity index (χ3v) is 4.08. The number of amides is 1. The number of rotatable bonds is 5. The van der Waals surface area contributed by atoms with Gasteiger partial charge in [-0.3, -0.25) is 4.79 Å². The van der Waals surface area contributed by atoms with Crippen molar-refractivity contribution < 1.29 is 19.0 Å². The predicted octanol–water partition coefficient (Wildman–Crippen LogP) is 2.62. The summed E-state index contributed by atoms with van der Waals surface area (Å²) in [4.78, 5) is 14.6. The minimum absolute atomic E-state index is 0.103. The molecule has 0 aromatic heterocycles. The first-order valence-corrected chi connectivity index (χ1v) is 8.42. The summed E-state index contributed by atoms with van der Waals surface area (Å²) in [6.07, 6.45) is 1.52. The number of nitrogens with zero attached hydrogens (tertiary/aromatic N) is 1. The van der Waals surface area contributed by atoms with Crippen LogP contribution < -0.4 is 9.47 Å².